The number of aromatic nitrogens is 3. The van der Waals surface area contributed by atoms with E-state index < -0.39 is 11.6 Å². The molecular weight excluding hydrogens is 358 g/mol. The van der Waals surface area contributed by atoms with Gasteiger partial charge in [0.15, 0.2) is 5.69 Å². The molecule has 0 spiro atoms. The normalized spacial score (nSPS) is 10.9. The molecule has 0 radical (unpaired) electrons. The van der Waals surface area contributed by atoms with Gasteiger partial charge in [0.2, 0.25) is 0 Å². The molecule has 4 rings (SSSR count). The predicted molar refractivity (Wildman–Crippen MR) is 102 cm³/mol. The number of hydrogen-bond acceptors (Lipinski definition) is 6. The fraction of sp³-hybridized carbons (Fsp3) is 0.143. The van der Waals surface area contributed by atoms with Crippen molar-refractivity contribution in [3.05, 3.63) is 93.6 Å². The minimum Gasteiger partial charge on any atom is -0.456 e. The van der Waals surface area contributed by atoms with Crippen molar-refractivity contribution >= 4 is 16.9 Å². The molecule has 0 aliphatic heterocycles. The lowest BCUT2D eigenvalue weighted by Gasteiger charge is -2.06. The van der Waals surface area contributed by atoms with E-state index in [-0.39, 0.29) is 12.3 Å². The van der Waals surface area contributed by atoms with Crippen molar-refractivity contribution in [1.82, 2.24) is 15.0 Å². The molecule has 0 saturated carbocycles. The summed E-state index contributed by atoms with van der Waals surface area (Å²) in [6.07, 6.45) is 1.54. The topological polar surface area (TPSA) is 87.2 Å². The van der Waals surface area contributed by atoms with Gasteiger partial charge in [-0.15, -0.1) is 5.10 Å². The first kappa shape index (κ1) is 17.7. The van der Waals surface area contributed by atoms with Crippen LogP contribution in [0, 0.1) is 6.92 Å². The Balaban J connectivity index is 1.48. The van der Waals surface area contributed by atoms with Crippen molar-refractivity contribution in [3.8, 4) is 0 Å². The SMILES string of the molecule is Cc1ccc2c(COC(=O)c3cn(Cc4ccccc4)nn3)cc(=O)oc2c1. The molecule has 28 heavy (non-hydrogen) atoms. The van der Waals surface area contributed by atoms with E-state index in [4.69, 9.17) is 9.15 Å². The van der Waals surface area contributed by atoms with Gasteiger partial charge in [0.25, 0.3) is 0 Å². The molecule has 0 unspecified atom stereocenters. The highest BCUT2D eigenvalue weighted by molar-refractivity contribution is 5.87. The molecule has 7 heteroatoms. The number of hydrogen-bond donors (Lipinski definition) is 0. The summed E-state index contributed by atoms with van der Waals surface area (Å²) in [5, 5.41) is 8.56. The Labute approximate surface area is 160 Å². The summed E-state index contributed by atoms with van der Waals surface area (Å²) in [5.41, 5.74) is 2.69. The van der Waals surface area contributed by atoms with E-state index in [1.54, 1.807) is 10.7 Å². The zero-order chi connectivity index (χ0) is 19.5. The van der Waals surface area contributed by atoms with Crippen molar-refractivity contribution in [2.75, 3.05) is 0 Å². The molecule has 0 aliphatic rings. The van der Waals surface area contributed by atoms with Crippen molar-refractivity contribution in [3.63, 3.8) is 0 Å². The Bertz CT molecular complexity index is 1200. The van der Waals surface area contributed by atoms with Gasteiger partial charge in [-0.25, -0.2) is 14.3 Å². The lowest BCUT2D eigenvalue weighted by Crippen LogP contribution is -2.08. The molecule has 2 heterocycles. The third-order valence-electron chi connectivity index (χ3n) is 4.28. The molecule has 0 atom stereocenters. The van der Waals surface area contributed by atoms with Crippen LogP contribution < -0.4 is 5.63 Å². The Hall–Kier alpha value is -3.74. The number of carbonyl (C=O) groups is 1. The Morgan fingerprint density at radius 3 is 2.79 bits per heavy atom. The van der Waals surface area contributed by atoms with Gasteiger partial charge in [0, 0.05) is 17.0 Å². The zero-order valence-electron chi connectivity index (χ0n) is 15.2. The number of benzene rings is 2. The summed E-state index contributed by atoms with van der Waals surface area (Å²) in [7, 11) is 0. The molecule has 2 aromatic carbocycles. The second-order valence-corrected chi connectivity index (χ2v) is 6.45. The monoisotopic (exact) mass is 375 g/mol. The molecule has 0 amide bonds. The van der Waals surface area contributed by atoms with Crippen LogP contribution in [0.15, 0.2) is 70.0 Å². The van der Waals surface area contributed by atoms with E-state index in [0.717, 1.165) is 16.5 Å². The van der Waals surface area contributed by atoms with Crippen molar-refractivity contribution in [1.29, 1.82) is 0 Å². The second-order valence-electron chi connectivity index (χ2n) is 6.45. The lowest BCUT2D eigenvalue weighted by atomic mass is 10.1. The minimum absolute atomic E-state index is 0.0600. The Morgan fingerprint density at radius 1 is 1.14 bits per heavy atom. The van der Waals surface area contributed by atoms with Crippen LogP contribution in [0.4, 0.5) is 0 Å². The highest BCUT2D eigenvalue weighted by atomic mass is 16.5. The number of rotatable bonds is 5. The van der Waals surface area contributed by atoms with Crippen molar-refractivity contribution in [2.45, 2.75) is 20.1 Å². The maximum atomic E-state index is 12.3. The van der Waals surface area contributed by atoms with Gasteiger partial charge in [-0.3, -0.25) is 0 Å². The van der Waals surface area contributed by atoms with Gasteiger partial charge in [-0.05, 0) is 24.1 Å². The first-order chi connectivity index (χ1) is 13.6. The highest BCUT2D eigenvalue weighted by Crippen LogP contribution is 2.19. The average molecular weight is 375 g/mol. The van der Waals surface area contributed by atoms with Crippen LogP contribution in [0.1, 0.15) is 27.2 Å². The van der Waals surface area contributed by atoms with Gasteiger partial charge in [-0.1, -0.05) is 47.7 Å². The van der Waals surface area contributed by atoms with Crippen LogP contribution in [0.5, 0.6) is 0 Å². The van der Waals surface area contributed by atoms with Crippen LogP contribution in [-0.2, 0) is 17.9 Å². The van der Waals surface area contributed by atoms with Crippen molar-refractivity contribution < 1.29 is 13.9 Å². The number of aryl methyl sites for hydroxylation is 1. The van der Waals surface area contributed by atoms with Gasteiger partial charge >= 0.3 is 11.6 Å². The predicted octanol–water partition coefficient (Wildman–Crippen LogP) is 3.10. The number of esters is 1. The molecular formula is C21H17N3O4. The van der Waals surface area contributed by atoms with E-state index in [1.165, 1.54) is 12.3 Å². The first-order valence-corrected chi connectivity index (χ1v) is 8.73. The van der Waals surface area contributed by atoms with E-state index in [2.05, 4.69) is 10.3 Å². The summed E-state index contributed by atoms with van der Waals surface area (Å²) in [4.78, 5) is 24.1. The van der Waals surface area contributed by atoms with E-state index in [9.17, 15) is 9.59 Å². The fourth-order valence-corrected chi connectivity index (χ4v) is 2.91. The Morgan fingerprint density at radius 2 is 1.96 bits per heavy atom. The molecule has 7 nitrogen and oxygen atoms in total. The highest BCUT2D eigenvalue weighted by Gasteiger charge is 2.14. The van der Waals surface area contributed by atoms with Gasteiger partial charge in [-0.2, -0.15) is 0 Å². The molecule has 0 bridgehead atoms. The molecule has 140 valence electrons. The number of carbonyl (C=O) groups excluding carboxylic acids is 1. The zero-order valence-corrected chi connectivity index (χ0v) is 15.2. The van der Waals surface area contributed by atoms with Gasteiger partial charge in [0.1, 0.15) is 12.2 Å². The lowest BCUT2D eigenvalue weighted by molar-refractivity contribution is 0.0466. The van der Waals surface area contributed by atoms with E-state index in [1.807, 2.05) is 49.4 Å². The Kier molecular flexibility index (Phi) is 4.72. The third kappa shape index (κ3) is 3.83. The summed E-state index contributed by atoms with van der Waals surface area (Å²) < 4.78 is 12.1. The van der Waals surface area contributed by atoms with E-state index in [0.29, 0.717) is 17.7 Å². The molecule has 0 N–H and O–H groups in total. The number of nitrogens with zero attached hydrogens (tertiary/aromatic N) is 3. The third-order valence-corrected chi connectivity index (χ3v) is 4.28. The summed E-state index contributed by atoms with van der Waals surface area (Å²) >= 11 is 0. The van der Waals surface area contributed by atoms with Crippen molar-refractivity contribution in [2.24, 2.45) is 0 Å². The molecule has 2 aromatic heterocycles. The average Bonchev–Trinajstić information content (AvgIpc) is 3.14. The first-order valence-electron chi connectivity index (χ1n) is 8.73. The summed E-state index contributed by atoms with van der Waals surface area (Å²) in [6.45, 7) is 2.35. The molecule has 4 aromatic rings. The standard InChI is InChI=1S/C21H17N3O4/c1-14-7-8-17-16(10-20(25)28-19(17)9-14)13-27-21(26)18-12-24(23-22-18)11-15-5-3-2-4-6-15/h2-10,12H,11,13H2,1H3. The largest absolute Gasteiger partial charge is 0.456 e. The fourth-order valence-electron chi connectivity index (χ4n) is 2.91. The maximum absolute atomic E-state index is 12.3. The number of ether oxygens (including phenoxy) is 1. The quantitative estimate of drug-likeness (QED) is 0.393. The maximum Gasteiger partial charge on any atom is 0.360 e. The van der Waals surface area contributed by atoms with Crippen LogP contribution in [0.25, 0.3) is 11.0 Å². The van der Waals surface area contributed by atoms with Crippen LogP contribution in [-0.4, -0.2) is 21.0 Å². The molecule has 0 fully saturated rings. The summed E-state index contributed by atoms with van der Waals surface area (Å²) in [5.74, 6) is -0.604. The van der Waals surface area contributed by atoms with Crippen LogP contribution >= 0.6 is 0 Å². The molecule has 0 saturated heterocycles. The van der Waals surface area contributed by atoms with Gasteiger partial charge < -0.3 is 9.15 Å². The van der Waals surface area contributed by atoms with Gasteiger partial charge in [0.05, 0.1) is 12.7 Å². The van der Waals surface area contributed by atoms with E-state index >= 15 is 0 Å². The number of fused-ring (bicyclic) bond motifs is 1. The van der Waals surface area contributed by atoms with Crippen LogP contribution in [0.3, 0.4) is 0 Å². The minimum atomic E-state index is -0.604. The molecule has 0 aliphatic carbocycles. The summed E-state index contributed by atoms with van der Waals surface area (Å²) in [6, 6.07) is 16.6. The smallest absolute Gasteiger partial charge is 0.360 e. The van der Waals surface area contributed by atoms with Crippen LogP contribution in [0.2, 0.25) is 0 Å². The second kappa shape index (κ2) is 7.48.